The number of fused-ring (bicyclic) bond motifs is 1. The zero-order valence-electron chi connectivity index (χ0n) is 14.3. The van der Waals surface area contributed by atoms with Crippen molar-refractivity contribution in [3.05, 3.63) is 28.8 Å². The summed E-state index contributed by atoms with van der Waals surface area (Å²) < 4.78 is 41.8. The van der Waals surface area contributed by atoms with Gasteiger partial charge in [0.25, 0.3) is 0 Å². The van der Waals surface area contributed by atoms with Gasteiger partial charge in [-0.3, -0.25) is 4.79 Å². The summed E-state index contributed by atoms with van der Waals surface area (Å²) in [7, 11) is 0. The molecule has 1 aromatic carbocycles. The Morgan fingerprint density at radius 3 is 2.44 bits per heavy atom. The minimum Gasteiger partial charge on any atom is -0.484 e. The minimum absolute atomic E-state index is 0.0904. The number of benzene rings is 1. The van der Waals surface area contributed by atoms with Gasteiger partial charge in [0, 0.05) is 6.54 Å². The van der Waals surface area contributed by atoms with Gasteiger partial charge in [-0.05, 0) is 61.9 Å². The number of ether oxygens (including phenoxy) is 1. The van der Waals surface area contributed by atoms with Gasteiger partial charge >= 0.3 is 6.18 Å². The summed E-state index contributed by atoms with van der Waals surface area (Å²) >= 11 is 0. The van der Waals surface area contributed by atoms with Crippen LogP contribution < -0.4 is 4.74 Å². The standard InChI is InChI=1S/C18H22F3NO3/c1-10-7-12(25-9-18(19,20)21)8-11(2)14(10)15-16(23)13-5-3-4-6-22(13)17(15)24/h7-8,13,15-16,23H,3-6,9H2,1-2H3. The lowest BCUT2D eigenvalue weighted by molar-refractivity contribution is -0.153. The van der Waals surface area contributed by atoms with Crippen LogP contribution in [0, 0.1) is 13.8 Å². The maximum Gasteiger partial charge on any atom is 0.422 e. The normalized spacial score (nSPS) is 26.7. The van der Waals surface area contributed by atoms with Crippen LogP contribution in [0.2, 0.25) is 0 Å². The molecule has 0 radical (unpaired) electrons. The number of hydrogen-bond donors (Lipinski definition) is 1. The molecule has 2 aliphatic rings. The number of alkyl halides is 3. The molecule has 3 rings (SSSR count). The van der Waals surface area contributed by atoms with Crippen LogP contribution in [0.15, 0.2) is 12.1 Å². The van der Waals surface area contributed by atoms with Crippen LogP contribution in [-0.4, -0.2) is 47.4 Å². The van der Waals surface area contributed by atoms with E-state index >= 15 is 0 Å². The molecule has 2 fully saturated rings. The number of aliphatic hydroxyl groups excluding tert-OH is 1. The minimum atomic E-state index is -4.40. The van der Waals surface area contributed by atoms with Gasteiger partial charge in [0.2, 0.25) is 5.91 Å². The fourth-order valence-corrected chi connectivity index (χ4v) is 4.10. The summed E-state index contributed by atoms with van der Waals surface area (Å²) in [4.78, 5) is 14.5. The molecule has 1 amide bonds. The van der Waals surface area contributed by atoms with Crippen molar-refractivity contribution in [2.24, 2.45) is 0 Å². The predicted octanol–water partition coefficient (Wildman–Crippen LogP) is 3.08. The third kappa shape index (κ3) is 3.47. The number of nitrogens with zero attached hydrogens (tertiary/aromatic N) is 1. The molecule has 2 heterocycles. The van der Waals surface area contributed by atoms with Gasteiger partial charge in [0.15, 0.2) is 6.61 Å². The maximum atomic E-state index is 12.8. The number of halogens is 3. The lowest BCUT2D eigenvalue weighted by Gasteiger charge is -2.30. The summed E-state index contributed by atoms with van der Waals surface area (Å²) in [5.74, 6) is -0.624. The molecule has 4 nitrogen and oxygen atoms in total. The lowest BCUT2D eigenvalue weighted by atomic mass is 9.85. The Kier molecular flexibility index (Phi) is 4.70. The summed E-state index contributed by atoms with van der Waals surface area (Å²) in [6.07, 6.45) is -2.48. The number of amides is 1. The Morgan fingerprint density at radius 2 is 1.88 bits per heavy atom. The molecule has 2 aliphatic heterocycles. The zero-order valence-corrected chi connectivity index (χ0v) is 14.3. The number of hydrogen-bond acceptors (Lipinski definition) is 3. The lowest BCUT2D eigenvalue weighted by Crippen LogP contribution is -2.40. The molecule has 7 heteroatoms. The van der Waals surface area contributed by atoms with Crippen molar-refractivity contribution in [3.8, 4) is 5.75 Å². The van der Waals surface area contributed by atoms with Crippen LogP contribution in [0.5, 0.6) is 5.75 Å². The van der Waals surface area contributed by atoms with E-state index in [9.17, 15) is 23.1 Å². The number of carbonyl (C=O) groups excluding carboxylic acids is 1. The molecule has 0 spiro atoms. The highest BCUT2D eigenvalue weighted by molar-refractivity contribution is 5.88. The topological polar surface area (TPSA) is 49.8 Å². The number of carbonyl (C=O) groups is 1. The largest absolute Gasteiger partial charge is 0.484 e. The maximum absolute atomic E-state index is 12.8. The fourth-order valence-electron chi connectivity index (χ4n) is 4.10. The summed E-state index contributed by atoms with van der Waals surface area (Å²) in [5, 5.41) is 10.7. The van der Waals surface area contributed by atoms with E-state index in [1.54, 1.807) is 18.7 Å². The molecule has 2 saturated heterocycles. The van der Waals surface area contributed by atoms with E-state index < -0.39 is 24.8 Å². The second-order valence-corrected chi connectivity index (χ2v) is 6.94. The highest BCUT2D eigenvalue weighted by atomic mass is 19.4. The molecule has 0 saturated carbocycles. The van der Waals surface area contributed by atoms with Crippen LogP contribution >= 0.6 is 0 Å². The van der Waals surface area contributed by atoms with Crippen molar-refractivity contribution in [1.29, 1.82) is 0 Å². The van der Waals surface area contributed by atoms with Crippen molar-refractivity contribution in [3.63, 3.8) is 0 Å². The average molecular weight is 357 g/mol. The monoisotopic (exact) mass is 357 g/mol. The van der Waals surface area contributed by atoms with Gasteiger partial charge in [-0.2, -0.15) is 13.2 Å². The van der Waals surface area contributed by atoms with E-state index in [0.29, 0.717) is 23.2 Å². The zero-order chi connectivity index (χ0) is 18.4. The molecule has 3 unspecified atom stereocenters. The first-order chi connectivity index (χ1) is 11.7. The highest BCUT2D eigenvalue weighted by Gasteiger charge is 2.49. The van der Waals surface area contributed by atoms with E-state index in [4.69, 9.17) is 4.74 Å². The van der Waals surface area contributed by atoms with Crippen molar-refractivity contribution in [1.82, 2.24) is 4.90 Å². The first-order valence-corrected chi connectivity index (χ1v) is 8.48. The Labute approximate surface area is 144 Å². The van der Waals surface area contributed by atoms with Gasteiger partial charge in [-0.25, -0.2) is 0 Å². The summed E-state index contributed by atoms with van der Waals surface area (Å²) in [6.45, 7) is 2.77. The molecule has 0 bridgehead atoms. The predicted molar refractivity (Wildman–Crippen MR) is 85.6 cm³/mol. The molecule has 1 aromatic rings. The molecule has 0 aliphatic carbocycles. The fraction of sp³-hybridized carbons (Fsp3) is 0.611. The van der Waals surface area contributed by atoms with Crippen molar-refractivity contribution in [2.45, 2.75) is 57.3 Å². The Hall–Kier alpha value is -1.76. The van der Waals surface area contributed by atoms with Crippen molar-refractivity contribution in [2.75, 3.05) is 13.2 Å². The molecule has 0 aromatic heterocycles. The molecule has 3 atom stereocenters. The van der Waals surface area contributed by atoms with Crippen LogP contribution in [-0.2, 0) is 4.79 Å². The average Bonchev–Trinajstić information content (AvgIpc) is 2.77. The van der Waals surface area contributed by atoms with Crippen molar-refractivity contribution >= 4 is 5.91 Å². The summed E-state index contributed by atoms with van der Waals surface area (Å²) in [5.41, 5.74) is 2.02. The number of aliphatic hydroxyl groups is 1. The first-order valence-electron chi connectivity index (χ1n) is 8.48. The number of rotatable bonds is 3. The van der Waals surface area contributed by atoms with Gasteiger partial charge in [0.05, 0.1) is 18.1 Å². The van der Waals surface area contributed by atoms with Crippen LogP contribution in [0.1, 0.15) is 41.9 Å². The SMILES string of the molecule is Cc1cc(OCC(F)(F)F)cc(C)c1C1C(=O)N2CCCCC2C1O. The van der Waals surface area contributed by atoms with E-state index in [-0.39, 0.29) is 17.7 Å². The second kappa shape index (κ2) is 6.52. The van der Waals surface area contributed by atoms with Crippen LogP contribution in [0.25, 0.3) is 0 Å². The molecule has 25 heavy (non-hydrogen) atoms. The summed E-state index contributed by atoms with van der Waals surface area (Å²) in [6, 6.07) is 2.85. The van der Waals surface area contributed by atoms with E-state index in [1.807, 2.05) is 0 Å². The number of aryl methyl sites for hydroxylation is 2. The first kappa shape index (κ1) is 18.0. The second-order valence-electron chi connectivity index (χ2n) is 6.94. The molecule has 1 N–H and O–H groups in total. The van der Waals surface area contributed by atoms with Crippen LogP contribution in [0.4, 0.5) is 13.2 Å². The quantitative estimate of drug-likeness (QED) is 0.904. The number of piperidine rings is 1. The van der Waals surface area contributed by atoms with E-state index in [1.165, 1.54) is 12.1 Å². The molecular weight excluding hydrogens is 335 g/mol. The van der Waals surface area contributed by atoms with Crippen LogP contribution in [0.3, 0.4) is 0 Å². The third-order valence-corrected chi connectivity index (χ3v) is 5.11. The smallest absolute Gasteiger partial charge is 0.422 e. The molecule has 138 valence electrons. The Morgan fingerprint density at radius 1 is 1.24 bits per heavy atom. The van der Waals surface area contributed by atoms with Gasteiger partial charge < -0.3 is 14.7 Å². The Bertz CT molecular complexity index is 651. The Balaban J connectivity index is 1.88. The van der Waals surface area contributed by atoms with Gasteiger partial charge in [0.1, 0.15) is 5.75 Å². The highest BCUT2D eigenvalue weighted by Crippen LogP contribution is 2.41. The van der Waals surface area contributed by atoms with E-state index in [2.05, 4.69) is 0 Å². The third-order valence-electron chi connectivity index (χ3n) is 5.11. The van der Waals surface area contributed by atoms with Crippen molar-refractivity contribution < 1.29 is 27.8 Å². The van der Waals surface area contributed by atoms with E-state index in [0.717, 1.165) is 19.3 Å². The van der Waals surface area contributed by atoms with Gasteiger partial charge in [-0.1, -0.05) is 0 Å². The van der Waals surface area contributed by atoms with Gasteiger partial charge in [-0.15, -0.1) is 0 Å². The molecular formula is C18H22F3NO3.